The average molecular weight is 288 g/mol. The summed E-state index contributed by atoms with van der Waals surface area (Å²) in [7, 11) is 0. The zero-order valence-electron chi connectivity index (χ0n) is 9.23. The van der Waals surface area contributed by atoms with Gasteiger partial charge in [0.1, 0.15) is 16.8 Å². The van der Waals surface area contributed by atoms with Crippen LogP contribution in [0.5, 0.6) is 0 Å². The predicted molar refractivity (Wildman–Crippen MR) is 66.1 cm³/mol. The van der Waals surface area contributed by atoms with Crippen LogP contribution in [0.3, 0.4) is 0 Å². The minimum atomic E-state index is -0.487. The van der Waals surface area contributed by atoms with E-state index < -0.39 is 5.82 Å². The standard InChI is InChI=1S/C10H8Cl2FN5/c1-5(9-14-3-6(13)4-15-9)16-8-2-7(11)17-10(12)18-8/h2-5H,1H3,(H,16,17,18)/t5-/m0/s1. The van der Waals surface area contributed by atoms with E-state index >= 15 is 0 Å². The molecule has 0 spiro atoms. The number of rotatable bonds is 3. The van der Waals surface area contributed by atoms with Crippen molar-refractivity contribution in [3.05, 3.63) is 40.5 Å². The van der Waals surface area contributed by atoms with E-state index in [0.717, 1.165) is 12.4 Å². The monoisotopic (exact) mass is 287 g/mol. The normalized spacial score (nSPS) is 12.2. The van der Waals surface area contributed by atoms with Crippen LogP contribution >= 0.6 is 23.2 Å². The van der Waals surface area contributed by atoms with Crippen molar-refractivity contribution in [3.8, 4) is 0 Å². The molecule has 8 heteroatoms. The van der Waals surface area contributed by atoms with Crippen LogP contribution in [0.25, 0.3) is 0 Å². The minimum Gasteiger partial charge on any atom is -0.360 e. The molecule has 0 aliphatic heterocycles. The summed E-state index contributed by atoms with van der Waals surface area (Å²) in [6, 6.07) is 1.25. The molecule has 0 radical (unpaired) electrons. The lowest BCUT2D eigenvalue weighted by atomic mass is 10.3. The third-order valence-corrected chi connectivity index (χ3v) is 2.42. The topological polar surface area (TPSA) is 63.6 Å². The van der Waals surface area contributed by atoms with Crippen LogP contribution in [0.1, 0.15) is 18.8 Å². The fourth-order valence-electron chi connectivity index (χ4n) is 1.30. The third-order valence-electron chi connectivity index (χ3n) is 2.06. The molecule has 0 unspecified atom stereocenters. The quantitative estimate of drug-likeness (QED) is 0.695. The summed E-state index contributed by atoms with van der Waals surface area (Å²) in [6.07, 6.45) is 2.20. The molecule has 2 aromatic heterocycles. The van der Waals surface area contributed by atoms with Crippen molar-refractivity contribution < 1.29 is 4.39 Å². The molecular formula is C10H8Cl2FN5. The molecule has 0 aliphatic rings. The summed E-state index contributed by atoms with van der Waals surface area (Å²) >= 11 is 11.4. The van der Waals surface area contributed by atoms with Crippen molar-refractivity contribution in [2.24, 2.45) is 0 Å². The molecule has 0 aromatic carbocycles. The van der Waals surface area contributed by atoms with Gasteiger partial charge in [-0.05, 0) is 18.5 Å². The first-order valence-electron chi connectivity index (χ1n) is 4.98. The van der Waals surface area contributed by atoms with Gasteiger partial charge in [-0.15, -0.1) is 0 Å². The van der Waals surface area contributed by atoms with E-state index in [1.54, 1.807) is 6.92 Å². The number of halogens is 3. The first-order chi connectivity index (χ1) is 8.54. The maximum absolute atomic E-state index is 12.7. The van der Waals surface area contributed by atoms with E-state index in [1.165, 1.54) is 6.07 Å². The SMILES string of the molecule is C[C@H](Nc1cc(Cl)nc(Cl)n1)c1ncc(F)cn1. The van der Waals surface area contributed by atoms with Gasteiger partial charge in [-0.25, -0.2) is 24.3 Å². The van der Waals surface area contributed by atoms with Gasteiger partial charge in [0.25, 0.3) is 0 Å². The van der Waals surface area contributed by atoms with Gasteiger partial charge >= 0.3 is 0 Å². The van der Waals surface area contributed by atoms with Gasteiger partial charge in [-0.3, -0.25) is 0 Å². The second-order valence-corrected chi connectivity index (χ2v) is 4.20. The van der Waals surface area contributed by atoms with Crippen molar-refractivity contribution in [1.29, 1.82) is 0 Å². The molecule has 0 saturated carbocycles. The number of anilines is 1. The Balaban J connectivity index is 2.15. The lowest BCUT2D eigenvalue weighted by Gasteiger charge is -2.12. The smallest absolute Gasteiger partial charge is 0.225 e. The predicted octanol–water partition coefficient (Wildman–Crippen LogP) is 2.89. The first-order valence-corrected chi connectivity index (χ1v) is 5.74. The molecule has 1 atom stereocenters. The van der Waals surface area contributed by atoms with E-state index in [9.17, 15) is 4.39 Å². The Morgan fingerprint density at radius 1 is 1.22 bits per heavy atom. The largest absolute Gasteiger partial charge is 0.360 e. The molecule has 1 N–H and O–H groups in total. The molecule has 0 bridgehead atoms. The van der Waals surface area contributed by atoms with Gasteiger partial charge in [0.2, 0.25) is 5.28 Å². The highest BCUT2D eigenvalue weighted by atomic mass is 35.5. The van der Waals surface area contributed by atoms with Crippen molar-refractivity contribution in [2.45, 2.75) is 13.0 Å². The molecule has 0 amide bonds. The molecule has 5 nitrogen and oxygen atoms in total. The molecule has 0 aliphatic carbocycles. The Morgan fingerprint density at radius 3 is 2.50 bits per heavy atom. The Kier molecular flexibility index (Phi) is 3.88. The van der Waals surface area contributed by atoms with E-state index in [0.29, 0.717) is 11.6 Å². The molecule has 0 saturated heterocycles. The summed E-state index contributed by atoms with van der Waals surface area (Å²) in [5.41, 5.74) is 0. The average Bonchev–Trinajstić information content (AvgIpc) is 2.28. The van der Waals surface area contributed by atoms with E-state index in [1.807, 2.05) is 0 Å². The van der Waals surface area contributed by atoms with Crippen molar-refractivity contribution in [3.63, 3.8) is 0 Å². The summed E-state index contributed by atoms with van der Waals surface area (Å²) in [5, 5.41) is 3.26. The summed E-state index contributed by atoms with van der Waals surface area (Å²) in [5.74, 6) is 0.391. The Labute approximate surface area is 112 Å². The number of hydrogen-bond donors (Lipinski definition) is 1. The van der Waals surface area contributed by atoms with Crippen molar-refractivity contribution in [1.82, 2.24) is 19.9 Å². The highest BCUT2D eigenvalue weighted by Crippen LogP contribution is 2.18. The lowest BCUT2D eigenvalue weighted by molar-refractivity contribution is 0.604. The summed E-state index contributed by atoms with van der Waals surface area (Å²) < 4.78 is 12.7. The first kappa shape index (κ1) is 12.9. The van der Waals surface area contributed by atoms with Crippen LogP contribution in [-0.2, 0) is 0 Å². The van der Waals surface area contributed by atoms with Gasteiger partial charge in [-0.1, -0.05) is 11.6 Å². The van der Waals surface area contributed by atoms with Crippen LogP contribution in [-0.4, -0.2) is 19.9 Å². The highest BCUT2D eigenvalue weighted by molar-refractivity contribution is 6.32. The third kappa shape index (κ3) is 3.24. The minimum absolute atomic E-state index is 0.0391. The zero-order chi connectivity index (χ0) is 13.1. The molecule has 0 fully saturated rings. The molecule has 2 heterocycles. The summed E-state index contributed by atoms with van der Waals surface area (Å²) in [6.45, 7) is 1.80. The van der Waals surface area contributed by atoms with Gasteiger partial charge in [0.05, 0.1) is 18.4 Å². The van der Waals surface area contributed by atoms with E-state index in [4.69, 9.17) is 23.2 Å². The van der Waals surface area contributed by atoms with Gasteiger partial charge in [0, 0.05) is 6.07 Å². The number of nitrogens with one attached hydrogen (secondary N) is 1. The van der Waals surface area contributed by atoms with Crippen molar-refractivity contribution in [2.75, 3.05) is 5.32 Å². The van der Waals surface area contributed by atoms with Gasteiger partial charge in [-0.2, -0.15) is 0 Å². The van der Waals surface area contributed by atoms with Crippen LogP contribution in [0.4, 0.5) is 10.2 Å². The second kappa shape index (κ2) is 5.41. The van der Waals surface area contributed by atoms with Gasteiger partial charge < -0.3 is 5.32 Å². The van der Waals surface area contributed by atoms with Crippen LogP contribution < -0.4 is 5.32 Å². The van der Waals surface area contributed by atoms with Crippen molar-refractivity contribution >= 4 is 29.0 Å². The number of nitrogens with zero attached hydrogens (tertiary/aromatic N) is 4. The lowest BCUT2D eigenvalue weighted by Crippen LogP contribution is -2.11. The summed E-state index contributed by atoms with van der Waals surface area (Å²) in [4.78, 5) is 15.4. The number of aromatic nitrogens is 4. The van der Waals surface area contributed by atoms with Crippen LogP contribution in [0.15, 0.2) is 18.5 Å². The number of hydrogen-bond acceptors (Lipinski definition) is 5. The molecule has 94 valence electrons. The van der Waals surface area contributed by atoms with Gasteiger partial charge in [0.15, 0.2) is 5.82 Å². The highest BCUT2D eigenvalue weighted by Gasteiger charge is 2.10. The Bertz CT molecular complexity index is 528. The molecule has 2 rings (SSSR count). The van der Waals surface area contributed by atoms with E-state index in [-0.39, 0.29) is 16.5 Å². The maximum Gasteiger partial charge on any atom is 0.225 e. The molecule has 2 aromatic rings. The Morgan fingerprint density at radius 2 is 1.89 bits per heavy atom. The second-order valence-electron chi connectivity index (χ2n) is 3.47. The molecular weight excluding hydrogens is 280 g/mol. The Hall–Kier alpha value is -1.53. The van der Waals surface area contributed by atoms with Crippen LogP contribution in [0.2, 0.25) is 10.4 Å². The fourth-order valence-corrected chi connectivity index (χ4v) is 1.70. The zero-order valence-corrected chi connectivity index (χ0v) is 10.7. The maximum atomic E-state index is 12.7. The van der Waals surface area contributed by atoms with E-state index in [2.05, 4.69) is 25.3 Å². The van der Waals surface area contributed by atoms with Crippen LogP contribution in [0, 0.1) is 5.82 Å². The molecule has 18 heavy (non-hydrogen) atoms. The fraction of sp³-hybridized carbons (Fsp3) is 0.200.